The third kappa shape index (κ3) is 3.24. The Morgan fingerprint density at radius 1 is 1.17 bits per heavy atom. The second-order valence-corrected chi connectivity index (χ2v) is 6.36. The van der Waals surface area contributed by atoms with E-state index in [2.05, 4.69) is 9.59 Å². The summed E-state index contributed by atoms with van der Waals surface area (Å²) in [4.78, 5) is 13.7. The maximum Gasteiger partial charge on any atom is 0.352 e. The minimum atomic E-state index is -0.460. The van der Waals surface area contributed by atoms with Gasteiger partial charge < -0.3 is 14.2 Å². The molecule has 6 nitrogen and oxygen atoms in total. The van der Waals surface area contributed by atoms with Crippen LogP contribution in [-0.4, -0.2) is 29.8 Å². The van der Waals surface area contributed by atoms with Crippen molar-refractivity contribution in [1.29, 1.82) is 0 Å². The van der Waals surface area contributed by atoms with Crippen molar-refractivity contribution in [3.05, 3.63) is 46.2 Å². The smallest absolute Gasteiger partial charge is 0.352 e. The van der Waals surface area contributed by atoms with Gasteiger partial charge in [-0.15, -0.1) is 16.4 Å². The molecule has 0 N–H and O–H groups in total. The first kappa shape index (κ1) is 16.4. The van der Waals surface area contributed by atoms with Crippen LogP contribution in [0.1, 0.15) is 15.2 Å². The summed E-state index contributed by atoms with van der Waals surface area (Å²) >= 11 is 2.52. The molecule has 0 aliphatic heterocycles. The third-order valence-corrected chi connectivity index (χ3v) is 4.85. The molecule has 2 aromatic heterocycles. The van der Waals surface area contributed by atoms with E-state index in [9.17, 15) is 4.79 Å². The Labute approximate surface area is 146 Å². The van der Waals surface area contributed by atoms with Crippen LogP contribution < -0.4 is 9.47 Å². The molecular weight excluding hydrogens is 348 g/mol. The van der Waals surface area contributed by atoms with E-state index in [-0.39, 0.29) is 6.61 Å². The van der Waals surface area contributed by atoms with E-state index in [4.69, 9.17) is 14.2 Å². The van der Waals surface area contributed by atoms with Gasteiger partial charge in [0.15, 0.2) is 16.4 Å². The number of methoxy groups -OCH3 is 2. The zero-order chi connectivity index (χ0) is 16.9. The minimum Gasteiger partial charge on any atom is -0.493 e. The lowest BCUT2D eigenvalue weighted by atomic mass is 10.2. The molecule has 8 heteroatoms. The first-order valence-corrected chi connectivity index (χ1v) is 8.63. The zero-order valence-corrected chi connectivity index (χ0v) is 14.6. The van der Waals surface area contributed by atoms with Gasteiger partial charge in [-0.3, -0.25) is 0 Å². The van der Waals surface area contributed by atoms with E-state index >= 15 is 0 Å². The highest BCUT2D eigenvalue weighted by molar-refractivity contribution is 7.14. The van der Waals surface area contributed by atoms with Crippen molar-refractivity contribution in [2.75, 3.05) is 14.2 Å². The highest BCUT2D eigenvalue weighted by Crippen LogP contribution is 2.32. The molecule has 2 heterocycles. The fourth-order valence-electron chi connectivity index (χ4n) is 2.18. The van der Waals surface area contributed by atoms with Gasteiger partial charge in [-0.25, -0.2) is 4.79 Å². The second kappa shape index (κ2) is 7.41. The lowest BCUT2D eigenvalue weighted by molar-refractivity contribution is 0.0476. The molecule has 3 rings (SSSR count). The predicted octanol–water partition coefficient (Wildman–Crippen LogP) is 3.64. The molecular formula is C16H14N2O4S2. The number of carbonyl (C=O) groups is 1. The number of esters is 1. The monoisotopic (exact) mass is 362 g/mol. The van der Waals surface area contributed by atoms with Gasteiger partial charge in [0.1, 0.15) is 12.3 Å². The van der Waals surface area contributed by atoms with Crippen LogP contribution in [0.15, 0.2) is 35.7 Å². The molecule has 3 aromatic rings. The molecule has 0 aliphatic carbocycles. The Bertz CT molecular complexity index is 830. The number of aromatic nitrogens is 2. The highest BCUT2D eigenvalue weighted by atomic mass is 32.1. The molecule has 0 unspecified atom stereocenters. The molecule has 0 radical (unpaired) electrons. The van der Waals surface area contributed by atoms with Crippen molar-refractivity contribution in [2.24, 2.45) is 0 Å². The minimum absolute atomic E-state index is 0.0704. The number of rotatable bonds is 6. The van der Waals surface area contributed by atoms with Gasteiger partial charge >= 0.3 is 5.97 Å². The molecule has 0 aliphatic rings. The van der Waals surface area contributed by atoms with Crippen molar-refractivity contribution in [1.82, 2.24) is 9.59 Å². The topological polar surface area (TPSA) is 70.5 Å². The van der Waals surface area contributed by atoms with Crippen molar-refractivity contribution < 1.29 is 19.0 Å². The van der Waals surface area contributed by atoms with Crippen LogP contribution in [-0.2, 0) is 11.3 Å². The Balaban J connectivity index is 1.77. The third-order valence-electron chi connectivity index (χ3n) is 3.27. The number of hydrogen-bond donors (Lipinski definition) is 0. The number of benzene rings is 1. The number of thiophene rings is 1. The van der Waals surface area contributed by atoms with E-state index in [1.165, 1.54) is 11.3 Å². The van der Waals surface area contributed by atoms with Gasteiger partial charge in [0.25, 0.3) is 0 Å². The Morgan fingerprint density at radius 3 is 2.75 bits per heavy atom. The van der Waals surface area contributed by atoms with E-state index in [1.807, 2.05) is 29.6 Å². The van der Waals surface area contributed by atoms with Crippen LogP contribution in [0.5, 0.6) is 11.5 Å². The van der Waals surface area contributed by atoms with E-state index in [0.29, 0.717) is 22.1 Å². The van der Waals surface area contributed by atoms with Crippen molar-refractivity contribution in [2.45, 2.75) is 6.61 Å². The largest absolute Gasteiger partial charge is 0.493 e. The lowest BCUT2D eigenvalue weighted by Gasteiger charge is -2.12. The van der Waals surface area contributed by atoms with Gasteiger partial charge in [-0.2, -0.15) is 0 Å². The average Bonchev–Trinajstić information content (AvgIpc) is 3.29. The van der Waals surface area contributed by atoms with Gasteiger partial charge in [0.2, 0.25) is 0 Å². The average molecular weight is 362 g/mol. The van der Waals surface area contributed by atoms with Gasteiger partial charge in [-0.05, 0) is 29.0 Å². The fraction of sp³-hybridized carbons (Fsp3) is 0.188. The molecule has 1 aromatic carbocycles. The first-order chi connectivity index (χ1) is 11.7. The highest BCUT2D eigenvalue weighted by Gasteiger charge is 2.21. The predicted molar refractivity (Wildman–Crippen MR) is 91.9 cm³/mol. The molecule has 24 heavy (non-hydrogen) atoms. The summed E-state index contributed by atoms with van der Waals surface area (Å²) < 4.78 is 19.9. The summed E-state index contributed by atoms with van der Waals surface area (Å²) in [7, 11) is 3.11. The Hall–Kier alpha value is -2.45. The van der Waals surface area contributed by atoms with Crippen LogP contribution >= 0.6 is 22.9 Å². The number of hydrogen-bond acceptors (Lipinski definition) is 8. The fourth-order valence-corrected chi connectivity index (χ4v) is 3.53. The first-order valence-electron chi connectivity index (χ1n) is 6.97. The second-order valence-electron chi connectivity index (χ2n) is 4.66. The van der Waals surface area contributed by atoms with Crippen molar-refractivity contribution in [3.63, 3.8) is 0 Å². The van der Waals surface area contributed by atoms with E-state index in [0.717, 1.165) is 22.0 Å². The number of carbonyl (C=O) groups excluding carboxylic acids is 1. The summed E-state index contributed by atoms with van der Waals surface area (Å²) in [6.45, 7) is 0.0704. The van der Waals surface area contributed by atoms with Crippen LogP contribution in [0.3, 0.4) is 0 Å². The summed E-state index contributed by atoms with van der Waals surface area (Å²) in [6, 6.07) is 9.21. The molecule has 0 fully saturated rings. The standard InChI is InChI=1S/C16H14N2O4S2/c1-20-11-6-3-5-10(14(11)21-2)9-22-16(19)15-13(17-18-24-15)12-7-4-8-23-12/h3-8H,9H2,1-2H3. The van der Waals surface area contributed by atoms with Crippen molar-refractivity contribution in [3.8, 4) is 22.1 Å². The van der Waals surface area contributed by atoms with Crippen LogP contribution in [0.25, 0.3) is 10.6 Å². The molecule has 124 valence electrons. The van der Waals surface area contributed by atoms with Crippen molar-refractivity contribution >= 4 is 28.8 Å². The quantitative estimate of drug-likeness (QED) is 0.624. The van der Waals surface area contributed by atoms with Crippen LogP contribution in [0.2, 0.25) is 0 Å². The van der Waals surface area contributed by atoms with Crippen LogP contribution in [0.4, 0.5) is 0 Å². The lowest BCUT2D eigenvalue weighted by Crippen LogP contribution is -2.06. The summed E-state index contributed by atoms with van der Waals surface area (Å²) in [5, 5.41) is 5.95. The normalized spacial score (nSPS) is 10.4. The molecule has 0 amide bonds. The van der Waals surface area contributed by atoms with Gasteiger partial charge in [-0.1, -0.05) is 22.7 Å². The maximum absolute atomic E-state index is 12.4. The Kier molecular flexibility index (Phi) is 5.07. The Morgan fingerprint density at radius 2 is 2.04 bits per heavy atom. The molecule has 0 bridgehead atoms. The summed E-state index contributed by atoms with van der Waals surface area (Å²) in [5.41, 5.74) is 1.28. The van der Waals surface area contributed by atoms with E-state index in [1.54, 1.807) is 20.3 Å². The molecule has 0 spiro atoms. The molecule has 0 saturated carbocycles. The number of ether oxygens (including phenoxy) is 3. The molecule has 0 atom stereocenters. The SMILES string of the molecule is COc1cccc(COC(=O)c2snnc2-c2cccs2)c1OC. The summed E-state index contributed by atoms with van der Waals surface area (Å²) in [6.07, 6.45) is 0. The van der Waals surface area contributed by atoms with E-state index < -0.39 is 5.97 Å². The summed E-state index contributed by atoms with van der Waals surface area (Å²) in [5.74, 6) is 0.678. The molecule has 0 saturated heterocycles. The maximum atomic E-state index is 12.4. The number of para-hydroxylation sites is 1. The van der Waals surface area contributed by atoms with Gasteiger partial charge in [0.05, 0.1) is 19.1 Å². The number of nitrogens with zero attached hydrogens (tertiary/aromatic N) is 2. The van der Waals surface area contributed by atoms with Crippen LogP contribution in [0, 0.1) is 0 Å². The van der Waals surface area contributed by atoms with Gasteiger partial charge in [0, 0.05) is 5.56 Å². The zero-order valence-electron chi connectivity index (χ0n) is 13.0.